The fourth-order valence-corrected chi connectivity index (χ4v) is 2.72. The van der Waals surface area contributed by atoms with E-state index in [1.807, 2.05) is 6.20 Å². The minimum absolute atomic E-state index is 0. The lowest BCUT2D eigenvalue weighted by Gasteiger charge is -2.11. The first-order valence-electron chi connectivity index (χ1n) is 7.92. The molecule has 0 aliphatic carbocycles. The molecular formula is C16H21F3IN5OS. The summed E-state index contributed by atoms with van der Waals surface area (Å²) < 4.78 is 40.9. The van der Waals surface area contributed by atoms with Crippen molar-refractivity contribution in [1.82, 2.24) is 20.6 Å². The van der Waals surface area contributed by atoms with Crippen molar-refractivity contribution >= 4 is 41.3 Å². The Morgan fingerprint density at radius 3 is 2.48 bits per heavy atom. The number of alkyl halides is 3. The van der Waals surface area contributed by atoms with Crippen molar-refractivity contribution in [1.29, 1.82) is 0 Å². The molecule has 0 bridgehead atoms. The highest BCUT2D eigenvalue weighted by molar-refractivity contribution is 14.0. The number of aliphatic imine (C=N–C) groups is 1. The number of thiazole rings is 1. The van der Waals surface area contributed by atoms with Crippen LogP contribution in [0.1, 0.15) is 22.4 Å². The molecule has 0 aliphatic heterocycles. The molecule has 2 N–H and O–H groups in total. The maximum atomic E-state index is 12.1. The fraction of sp³-hybridized carbons (Fsp3) is 0.438. The summed E-state index contributed by atoms with van der Waals surface area (Å²) in [4.78, 5) is 13.5. The smallest absolute Gasteiger partial charge is 0.422 e. The van der Waals surface area contributed by atoms with Crippen molar-refractivity contribution in [2.75, 3.05) is 13.7 Å². The molecule has 0 saturated carbocycles. The van der Waals surface area contributed by atoms with Crippen LogP contribution in [0.15, 0.2) is 29.5 Å². The Hall–Kier alpha value is -1.63. The number of guanidine groups is 1. The third-order valence-electron chi connectivity index (χ3n) is 3.22. The first-order chi connectivity index (χ1) is 12.4. The lowest BCUT2D eigenvalue weighted by atomic mass is 10.3. The number of hydrogen-bond acceptors (Lipinski definition) is 5. The van der Waals surface area contributed by atoms with Crippen LogP contribution in [0.2, 0.25) is 0 Å². The average Bonchev–Trinajstić information content (AvgIpc) is 3.08. The number of hydrogen-bond donors (Lipinski definition) is 2. The number of aromatic nitrogens is 2. The molecule has 2 rings (SSSR count). The van der Waals surface area contributed by atoms with Gasteiger partial charge in [0.15, 0.2) is 12.6 Å². The van der Waals surface area contributed by atoms with Gasteiger partial charge in [0.2, 0.25) is 5.88 Å². The molecule has 27 heavy (non-hydrogen) atoms. The van der Waals surface area contributed by atoms with Gasteiger partial charge in [0, 0.05) is 36.9 Å². The predicted octanol–water partition coefficient (Wildman–Crippen LogP) is 3.52. The molecule has 0 atom stereocenters. The van der Waals surface area contributed by atoms with Gasteiger partial charge in [-0.15, -0.1) is 35.3 Å². The van der Waals surface area contributed by atoms with Crippen LogP contribution < -0.4 is 15.4 Å². The van der Waals surface area contributed by atoms with Gasteiger partial charge in [0.25, 0.3) is 0 Å². The van der Waals surface area contributed by atoms with Gasteiger partial charge in [0.1, 0.15) is 5.01 Å². The monoisotopic (exact) mass is 515 g/mol. The van der Waals surface area contributed by atoms with Gasteiger partial charge in [-0.1, -0.05) is 13.0 Å². The van der Waals surface area contributed by atoms with E-state index in [4.69, 9.17) is 0 Å². The summed E-state index contributed by atoms with van der Waals surface area (Å²) in [7, 11) is 1.65. The Balaban J connectivity index is 0.00000364. The second-order valence-electron chi connectivity index (χ2n) is 5.26. The van der Waals surface area contributed by atoms with Gasteiger partial charge < -0.3 is 15.4 Å². The van der Waals surface area contributed by atoms with E-state index in [9.17, 15) is 13.2 Å². The number of pyridine rings is 1. The summed E-state index contributed by atoms with van der Waals surface area (Å²) >= 11 is 1.65. The first kappa shape index (κ1) is 23.4. The third-order valence-corrected chi connectivity index (χ3v) is 4.36. The molecule has 6 nitrogen and oxygen atoms in total. The molecule has 0 unspecified atom stereocenters. The highest BCUT2D eigenvalue weighted by atomic mass is 127. The Kier molecular flexibility index (Phi) is 9.77. The average molecular weight is 515 g/mol. The van der Waals surface area contributed by atoms with Crippen molar-refractivity contribution in [2.24, 2.45) is 4.99 Å². The molecule has 0 fully saturated rings. The van der Waals surface area contributed by atoms with Gasteiger partial charge in [-0.05, 0) is 12.0 Å². The van der Waals surface area contributed by atoms with Gasteiger partial charge in [-0.3, -0.25) is 4.99 Å². The maximum Gasteiger partial charge on any atom is 0.422 e. The van der Waals surface area contributed by atoms with Crippen LogP contribution in [-0.4, -0.2) is 35.8 Å². The van der Waals surface area contributed by atoms with Gasteiger partial charge >= 0.3 is 6.18 Å². The van der Waals surface area contributed by atoms with Crippen LogP contribution in [0.3, 0.4) is 0 Å². The highest BCUT2D eigenvalue weighted by Gasteiger charge is 2.28. The van der Waals surface area contributed by atoms with Crippen molar-refractivity contribution in [3.05, 3.63) is 40.0 Å². The van der Waals surface area contributed by atoms with Crippen LogP contribution in [0, 0.1) is 0 Å². The SMILES string of the molecule is CCc1cnc(CNC(=NC)NCc2ccc(OCC(F)(F)F)nc2)s1.I. The number of halogens is 4. The van der Waals surface area contributed by atoms with E-state index in [-0.39, 0.29) is 29.9 Å². The minimum Gasteiger partial charge on any atom is -0.468 e. The molecule has 0 saturated heterocycles. The highest BCUT2D eigenvalue weighted by Crippen LogP contribution is 2.17. The minimum atomic E-state index is -4.38. The second kappa shape index (κ2) is 11.3. The van der Waals surface area contributed by atoms with Crippen molar-refractivity contribution in [3.8, 4) is 5.88 Å². The van der Waals surface area contributed by atoms with E-state index < -0.39 is 12.8 Å². The molecular weight excluding hydrogens is 494 g/mol. The predicted molar refractivity (Wildman–Crippen MR) is 110 cm³/mol. The summed E-state index contributed by atoms with van der Waals surface area (Å²) in [5.74, 6) is 0.528. The number of aryl methyl sites for hydroxylation is 1. The number of nitrogens with one attached hydrogen (secondary N) is 2. The quantitative estimate of drug-likeness (QED) is 0.336. The summed E-state index contributed by atoms with van der Waals surface area (Å²) in [5.41, 5.74) is 0.787. The van der Waals surface area contributed by atoms with E-state index >= 15 is 0 Å². The number of rotatable bonds is 7. The van der Waals surface area contributed by atoms with Crippen LogP contribution in [0.5, 0.6) is 5.88 Å². The standard InChI is InChI=1S/C16H20F3N5OS.HI/c1-3-12-8-22-14(26-12)9-24-15(20-2)23-7-11-4-5-13(21-6-11)25-10-16(17,18)19;/h4-6,8H,3,7,9-10H2,1-2H3,(H2,20,23,24);1H. The van der Waals surface area contributed by atoms with Gasteiger partial charge in [-0.2, -0.15) is 13.2 Å². The lowest BCUT2D eigenvalue weighted by molar-refractivity contribution is -0.154. The third kappa shape index (κ3) is 8.73. The van der Waals surface area contributed by atoms with Crippen molar-refractivity contribution < 1.29 is 17.9 Å². The number of nitrogens with zero attached hydrogens (tertiary/aromatic N) is 3. The van der Waals surface area contributed by atoms with E-state index in [0.717, 1.165) is 17.0 Å². The van der Waals surface area contributed by atoms with E-state index in [2.05, 4.69) is 37.3 Å². The molecule has 0 radical (unpaired) electrons. The van der Waals surface area contributed by atoms with E-state index in [1.165, 1.54) is 17.1 Å². The molecule has 0 spiro atoms. The zero-order chi connectivity index (χ0) is 19.0. The summed E-state index contributed by atoms with van der Waals surface area (Å²) in [6, 6.07) is 3.05. The summed E-state index contributed by atoms with van der Waals surface area (Å²) in [6.45, 7) is 1.71. The van der Waals surface area contributed by atoms with Gasteiger partial charge in [-0.25, -0.2) is 9.97 Å². The van der Waals surface area contributed by atoms with Crippen LogP contribution in [-0.2, 0) is 19.5 Å². The summed E-state index contributed by atoms with van der Waals surface area (Å²) in [5, 5.41) is 7.24. The van der Waals surface area contributed by atoms with Crippen molar-refractivity contribution in [2.45, 2.75) is 32.6 Å². The summed E-state index contributed by atoms with van der Waals surface area (Å²) in [6.07, 6.45) is -0.0952. The molecule has 0 aliphatic rings. The fourth-order valence-electron chi connectivity index (χ4n) is 1.92. The lowest BCUT2D eigenvalue weighted by Crippen LogP contribution is -2.36. The number of ether oxygens (including phenoxy) is 1. The largest absolute Gasteiger partial charge is 0.468 e. The maximum absolute atomic E-state index is 12.1. The molecule has 0 amide bonds. The van der Waals surface area contributed by atoms with E-state index in [0.29, 0.717) is 19.0 Å². The zero-order valence-electron chi connectivity index (χ0n) is 14.8. The molecule has 2 aromatic heterocycles. The Labute approximate surface area is 176 Å². The Bertz CT molecular complexity index is 722. The zero-order valence-corrected chi connectivity index (χ0v) is 18.0. The molecule has 11 heteroatoms. The topological polar surface area (TPSA) is 71.4 Å². The first-order valence-corrected chi connectivity index (χ1v) is 8.74. The molecule has 0 aromatic carbocycles. The van der Waals surface area contributed by atoms with Crippen LogP contribution in [0.4, 0.5) is 13.2 Å². The van der Waals surface area contributed by atoms with Crippen LogP contribution in [0.25, 0.3) is 0 Å². The van der Waals surface area contributed by atoms with Crippen molar-refractivity contribution in [3.63, 3.8) is 0 Å². The normalized spacial score (nSPS) is 11.7. The second-order valence-corrected chi connectivity index (χ2v) is 6.46. The van der Waals surface area contributed by atoms with Gasteiger partial charge in [0.05, 0.1) is 6.54 Å². The van der Waals surface area contributed by atoms with Crippen LogP contribution >= 0.6 is 35.3 Å². The molecule has 2 aromatic rings. The molecule has 150 valence electrons. The Morgan fingerprint density at radius 2 is 1.93 bits per heavy atom. The Morgan fingerprint density at radius 1 is 1.19 bits per heavy atom. The van der Waals surface area contributed by atoms with E-state index in [1.54, 1.807) is 24.5 Å². The molecule has 2 heterocycles.